The number of imidazole rings is 2. The van der Waals surface area contributed by atoms with Gasteiger partial charge in [-0.25, -0.2) is 9.97 Å². The number of hydrogen-bond donors (Lipinski definition) is 2. The van der Waals surface area contributed by atoms with Crippen LogP contribution in [-0.2, 0) is 60.7 Å². The molecule has 2 N–H and O–H groups in total. The summed E-state index contributed by atoms with van der Waals surface area (Å²) < 4.78 is 38.5. The number of fused-ring (bicyclic) bond motifs is 2. The van der Waals surface area contributed by atoms with Crippen molar-refractivity contribution in [3.05, 3.63) is 34.9 Å². The largest absolute Gasteiger partial charge is 0.455 e. The molecule has 0 spiro atoms. The molecule has 0 amide bonds. The van der Waals surface area contributed by atoms with Gasteiger partial charge in [0.1, 0.15) is 0 Å². The van der Waals surface area contributed by atoms with Crippen molar-refractivity contribution in [2.75, 3.05) is 10.6 Å². The second kappa shape index (κ2) is 19.1. The molecule has 360 valence electrons. The van der Waals surface area contributed by atoms with Gasteiger partial charge >= 0.3 is 23.9 Å². The van der Waals surface area contributed by atoms with Gasteiger partial charge in [-0.15, -0.1) is 20.4 Å². The van der Waals surface area contributed by atoms with E-state index >= 15 is 0 Å². The van der Waals surface area contributed by atoms with Gasteiger partial charge in [-0.1, -0.05) is 0 Å². The molecular formula is C38H44Cl2N18O10. The molecule has 68 heavy (non-hydrogen) atoms. The fraction of sp³-hybridized carbons (Fsp3) is 0.579. The second-order valence-corrected chi connectivity index (χ2v) is 16.7. The minimum atomic E-state index is -1.17. The van der Waals surface area contributed by atoms with Crippen molar-refractivity contribution in [1.82, 2.24) is 79.5 Å². The van der Waals surface area contributed by atoms with Crippen molar-refractivity contribution in [2.45, 2.75) is 141 Å². The normalized spacial score (nSPS) is 25.9. The zero-order chi connectivity index (χ0) is 48.0. The SMILES string of the molecule is CCn1nnc([C@H]2O[C@@H](n3cnc4c(NC5CCC(Nc6nc(Cl)nc7c6ncn7[C@@H]6O[C@H](c7nnn(CC)n7)[C@@H](OC(C)=O)[C@H]6OC(C)=O)CC5)nc(Cl)nc43)[C@H](OC(C)=O)[C@@H]2OC(C)=O)n1. The Labute approximate surface area is 394 Å². The first-order valence-corrected chi connectivity index (χ1v) is 22.3. The zero-order valence-electron chi connectivity index (χ0n) is 37.2. The lowest BCUT2D eigenvalue weighted by molar-refractivity contribution is -0.165. The van der Waals surface area contributed by atoms with E-state index in [2.05, 4.69) is 71.4 Å². The average Bonchev–Trinajstić information content (AvgIpc) is 4.15. The number of halogens is 2. The van der Waals surface area contributed by atoms with Crippen LogP contribution in [0.1, 0.15) is 104 Å². The highest BCUT2D eigenvalue weighted by atomic mass is 35.5. The van der Waals surface area contributed by atoms with Crippen molar-refractivity contribution in [2.24, 2.45) is 0 Å². The summed E-state index contributed by atoms with van der Waals surface area (Å²) in [5, 5.41) is 31.7. The first-order valence-electron chi connectivity index (χ1n) is 21.6. The summed E-state index contributed by atoms with van der Waals surface area (Å²) >= 11 is 13.1. The Morgan fingerprint density at radius 1 is 0.603 bits per heavy atom. The number of esters is 4. The fourth-order valence-corrected chi connectivity index (χ4v) is 8.88. The Balaban J connectivity index is 0.921. The zero-order valence-corrected chi connectivity index (χ0v) is 38.7. The summed E-state index contributed by atoms with van der Waals surface area (Å²) in [5.74, 6) is -1.63. The predicted molar refractivity (Wildman–Crippen MR) is 229 cm³/mol. The van der Waals surface area contributed by atoms with Crippen molar-refractivity contribution >= 4 is 81.0 Å². The van der Waals surface area contributed by atoms with Crippen molar-refractivity contribution in [1.29, 1.82) is 0 Å². The van der Waals surface area contributed by atoms with Gasteiger partial charge in [-0.3, -0.25) is 28.3 Å². The Morgan fingerprint density at radius 3 is 1.31 bits per heavy atom. The third kappa shape index (κ3) is 9.26. The van der Waals surface area contributed by atoms with Gasteiger partial charge in [0, 0.05) is 39.8 Å². The van der Waals surface area contributed by atoms with E-state index in [9.17, 15) is 19.2 Å². The molecular weight excluding hydrogens is 939 g/mol. The maximum Gasteiger partial charge on any atom is 0.303 e. The molecule has 2 aliphatic heterocycles. The van der Waals surface area contributed by atoms with Gasteiger partial charge in [0.25, 0.3) is 0 Å². The molecule has 6 aromatic rings. The number of ether oxygens (including phenoxy) is 6. The van der Waals surface area contributed by atoms with E-state index in [4.69, 9.17) is 51.6 Å². The van der Waals surface area contributed by atoms with Gasteiger partial charge in [0.2, 0.25) is 22.2 Å². The van der Waals surface area contributed by atoms with Crippen LogP contribution in [0.5, 0.6) is 0 Å². The van der Waals surface area contributed by atoms with E-state index in [1.54, 1.807) is 0 Å². The van der Waals surface area contributed by atoms with Gasteiger partial charge in [-0.2, -0.15) is 29.5 Å². The maximum absolute atomic E-state index is 12.4. The molecule has 0 unspecified atom stereocenters. The molecule has 9 rings (SSSR count). The number of aromatic nitrogens is 16. The van der Waals surface area contributed by atoms with E-state index in [-0.39, 0.29) is 45.6 Å². The van der Waals surface area contributed by atoms with Crippen LogP contribution in [0.15, 0.2) is 12.7 Å². The van der Waals surface area contributed by atoms with Crippen molar-refractivity contribution < 1.29 is 47.6 Å². The summed E-state index contributed by atoms with van der Waals surface area (Å²) in [6.07, 6.45) is -3.40. The van der Waals surface area contributed by atoms with Crippen LogP contribution in [0.4, 0.5) is 11.6 Å². The number of nitrogens with one attached hydrogen (secondary N) is 2. The minimum absolute atomic E-state index is 0.0775. The summed E-state index contributed by atoms with van der Waals surface area (Å²) in [6.45, 7) is 9.41. The van der Waals surface area contributed by atoms with Crippen molar-refractivity contribution in [3.63, 3.8) is 0 Å². The van der Waals surface area contributed by atoms with Gasteiger partial charge < -0.3 is 39.1 Å². The molecule has 2 saturated heterocycles. The number of carbonyl (C=O) groups excluding carboxylic acids is 4. The van der Waals surface area contributed by atoms with E-state index < -0.39 is 73.0 Å². The van der Waals surface area contributed by atoms with Crippen LogP contribution in [0.2, 0.25) is 10.6 Å². The Morgan fingerprint density at radius 2 is 0.971 bits per heavy atom. The number of tetrazole rings is 2. The van der Waals surface area contributed by atoms with Crippen LogP contribution in [0.25, 0.3) is 22.3 Å². The Kier molecular flexibility index (Phi) is 13.0. The van der Waals surface area contributed by atoms with E-state index in [1.807, 2.05) is 13.8 Å². The van der Waals surface area contributed by atoms with Crippen LogP contribution in [0, 0.1) is 0 Å². The molecule has 3 fully saturated rings. The molecule has 8 atom stereocenters. The number of aryl methyl sites for hydroxylation is 2. The van der Waals surface area contributed by atoms with Gasteiger partial charge in [-0.05, 0) is 73.2 Å². The van der Waals surface area contributed by atoms with Crippen LogP contribution < -0.4 is 10.6 Å². The second-order valence-electron chi connectivity index (χ2n) is 16.0. The molecule has 0 aromatic carbocycles. The number of nitrogens with zero attached hydrogens (tertiary/aromatic N) is 16. The molecule has 3 aliphatic rings. The van der Waals surface area contributed by atoms with Gasteiger partial charge in [0.15, 0.2) is 83.0 Å². The topological polar surface area (TPSA) is 322 Å². The summed E-state index contributed by atoms with van der Waals surface area (Å²) in [5.41, 5.74) is 1.21. The van der Waals surface area contributed by atoms with Crippen LogP contribution in [0.3, 0.4) is 0 Å². The quantitative estimate of drug-likeness (QED) is 0.0899. The molecule has 1 aliphatic carbocycles. The Hall–Kier alpha value is -6.78. The summed E-state index contributed by atoms with van der Waals surface area (Å²) in [4.78, 5) is 79.2. The average molecular weight is 984 g/mol. The number of hydrogen-bond acceptors (Lipinski definition) is 24. The molecule has 0 radical (unpaired) electrons. The maximum atomic E-state index is 12.4. The first-order chi connectivity index (χ1) is 32.7. The smallest absolute Gasteiger partial charge is 0.303 e. The third-order valence-corrected chi connectivity index (χ3v) is 11.7. The monoisotopic (exact) mass is 982 g/mol. The molecule has 0 bridgehead atoms. The molecule has 8 heterocycles. The standard InChI is InChI=1S/C38H44Cl2N18O10/c1-7-57-51-31(49-53-57)25-23(63-15(3)59)27(65-17(5)61)35(67-25)55-13-41-21-29(45-37(39)47-33(21)55)43-19-9-11-20(12-10-19)44-30-22-34(48-38(40)46-30)56(14-42-22)36-28(66-18(6)62)24(64-16(4)60)26(68-36)32-50-54-58(8-2)52-32/h13-14,19-20,23-28,35-36H,7-12H2,1-6H3,(H,43,45,47)(H,44,46,48)/t19?,20?,23-,24-,25+,26+,27-,28-,35-,36-/m1/s1. The van der Waals surface area contributed by atoms with E-state index in [1.165, 1.54) is 59.1 Å². The van der Waals surface area contributed by atoms with Crippen LogP contribution >= 0.6 is 23.2 Å². The summed E-state index contributed by atoms with van der Waals surface area (Å²) in [7, 11) is 0. The first kappa shape index (κ1) is 46.3. The Bertz CT molecular complexity index is 2670. The predicted octanol–water partition coefficient (Wildman–Crippen LogP) is 2.39. The summed E-state index contributed by atoms with van der Waals surface area (Å²) in [6, 6.07) is -0.155. The van der Waals surface area contributed by atoms with Gasteiger partial charge in [0.05, 0.1) is 25.7 Å². The number of rotatable bonds is 14. The molecule has 30 heteroatoms. The van der Waals surface area contributed by atoms with Crippen LogP contribution in [-0.4, -0.2) is 140 Å². The highest BCUT2D eigenvalue weighted by Gasteiger charge is 2.54. The number of anilines is 2. The lowest BCUT2D eigenvalue weighted by atomic mass is 9.91. The number of carbonyl (C=O) groups is 4. The fourth-order valence-electron chi connectivity index (χ4n) is 8.55. The van der Waals surface area contributed by atoms with E-state index in [0.717, 1.165) is 0 Å². The van der Waals surface area contributed by atoms with Crippen molar-refractivity contribution in [3.8, 4) is 0 Å². The minimum Gasteiger partial charge on any atom is -0.455 e. The molecule has 1 saturated carbocycles. The lowest BCUT2D eigenvalue weighted by Crippen LogP contribution is -2.37. The molecule has 6 aromatic heterocycles. The third-order valence-electron chi connectivity index (χ3n) is 11.3. The molecule has 28 nitrogen and oxygen atoms in total. The highest BCUT2D eigenvalue weighted by Crippen LogP contribution is 2.44. The highest BCUT2D eigenvalue weighted by molar-refractivity contribution is 6.29. The lowest BCUT2D eigenvalue weighted by Gasteiger charge is -2.30. The van der Waals surface area contributed by atoms with E-state index in [0.29, 0.717) is 61.4 Å².